The van der Waals surface area contributed by atoms with Crippen molar-refractivity contribution in [3.8, 4) is 11.5 Å². The smallest absolute Gasteiger partial charge is 0.165 e. The summed E-state index contributed by atoms with van der Waals surface area (Å²) in [6, 6.07) is 1.86. The molecular formula is C11H12ClN3O. The number of hydrogen-bond donors (Lipinski definition) is 0. The van der Waals surface area contributed by atoms with Crippen LogP contribution in [0.15, 0.2) is 30.9 Å². The molecule has 0 radical (unpaired) electrons. The quantitative estimate of drug-likeness (QED) is 0.768. The molecular weight excluding hydrogens is 226 g/mol. The average Bonchev–Trinajstić information content (AvgIpc) is 2.77. The summed E-state index contributed by atoms with van der Waals surface area (Å²) in [6.07, 6.45) is 6.89. The van der Waals surface area contributed by atoms with Crippen LogP contribution in [0.3, 0.4) is 0 Å². The molecule has 16 heavy (non-hydrogen) atoms. The molecule has 0 aliphatic carbocycles. The van der Waals surface area contributed by atoms with Crippen LogP contribution in [0.25, 0.3) is 0 Å². The van der Waals surface area contributed by atoms with Crippen LogP contribution in [0, 0.1) is 0 Å². The normalized spacial score (nSPS) is 10.4. The van der Waals surface area contributed by atoms with Crippen molar-refractivity contribution in [2.45, 2.75) is 19.3 Å². The van der Waals surface area contributed by atoms with Crippen molar-refractivity contribution in [3.05, 3.63) is 36.4 Å². The number of nitrogens with zero attached hydrogens (tertiary/aromatic N) is 3. The molecule has 0 N–H and O–H groups in total. The maximum Gasteiger partial charge on any atom is 0.165 e. The second-order valence-corrected chi connectivity index (χ2v) is 3.56. The van der Waals surface area contributed by atoms with E-state index in [1.165, 1.54) is 0 Å². The largest absolute Gasteiger partial charge is 0.452 e. The third-order valence-corrected chi connectivity index (χ3v) is 2.40. The van der Waals surface area contributed by atoms with Crippen molar-refractivity contribution in [2.75, 3.05) is 0 Å². The lowest BCUT2D eigenvalue weighted by Crippen LogP contribution is -1.92. The van der Waals surface area contributed by atoms with Crippen LogP contribution in [0.2, 0.25) is 0 Å². The molecule has 0 atom stereocenters. The molecule has 0 amide bonds. The first kappa shape index (κ1) is 11.0. The zero-order chi connectivity index (χ0) is 11.4. The van der Waals surface area contributed by atoms with E-state index in [-0.39, 0.29) is 0 Å². The summed E-state index contributed by atoms with van der Waals surface area (Å²) in [5.41, 5.74) is 0.932. The first-order chi connectivity index (χ1) is 7.81. The van der Waals surface area contributed by atoms with Crippen LogP contribution in [-0.2, 0) is 12.4 Å². The van der Waals surface area contributed by atoms with E-state index in [9.17, 15) is 0 Å². The number of hydrogen-bond acceptors (Lipinski definition) is 3. The SMILES string of the molecule is CCn1cc(Oc2cncc(CCl)c2)cn1. The Balaban J connectivity index is 2.13. The fraction of sp³-hybridized carbons (Fsp3) is 0.273. The molecule has 2 heterocycles. The van der Waals surface area contributed by atoms with E-state index < -0.39 is 0 Å². The Morgan fingerprint density at radius 2 is 2.19 bits per heavy atom. The van der Waals surface area contributed by atoms with Crippen LogP contribution < -0.4 is 4.74 Å². The van der Waals surface area contributed by atoms with Gasteiger partial charge in [-0.05, 0) is 18.6 Å². The van der Waals surface area contributed by atoms with Crippen molar-refractivity contribution in [1.29, 1.82) is 0 Å². The van der Waals surface area contributed by atoms with Crippen LogP contribution in [0.1, 0.15) is 12.5 Å². The molecule has 5 heteroatoms. The van der Waals surface area contributed by atoms with E-state index in [2.05, 4.69) is 10.1 Å². The Morgan fingerprint density at radius 3 is 2.88 bits per heavy atom. The Hall–Kier alpha value is -1.55. The van der Waals surface area contributed by atoms with Gasteiger partial charge in [-0.1, -0.05) is 0 Å². The van der Waals surface area contributed by atoms with Gasteiger partial charge in [0.25, 0.3) is 0 Å². The van der Waals surface area contributed by atoms with Gasteiger partial charge < -0.3 is 4.74 Å². The van der Waals surface area contributed by atoms with Crippen molar-refractivity contribution in [3.63, 3.8) is 0 Å². The summed E-state index contributed by atoms with van der Waals surface area (Å²) in [5.74, 6) is 1.81. The van der Waals surface area contributed by atoms with E-state index in [0.29, 0.717) is 17.4 Å². The molecule has 2 rings (SSSR count). The number of aromatic nitrogens is 3. The van der Waals surface area contributed by atoms with Crippen molar-refractivity contribution in [1.82, 2.24) is 14.8 Å². The van der Waals surface area contributed by atoms with Gasteiger partial charge in [-0.3, -0.25) is 9.67 Å². The van der Waals surface area contributed by atoms with Crippen LogP contribution in [0.4, 0.5) is 0 Å². The lowest BCUT2D eigenvalue weighted by Gasteiger charge is -2.02. The molecule has 0 saturated carbocycles. The summed E-state index contributed by atoms with van der Waals surface area (Å²) in [4.78, 5) is 4.04. The van der Waals surface area contributed by atoms with Gasteiger partial charge in [-0.25, -0.2) is 0 Å². The average molecular weight is 238 g/mol. The fourth-order valence-corrected chi connectivity index (χ4v) is 1.45. The molecule has 4 nitrogen and oxygen atoms in total. The van der Waals surface area contributed by atoms with Gasteiger partial charge in [0.05, 0.1) is 18.6 Å². The molecule has 0 aliphatic heterocycles. The highest BCUT2D eigenvalue weighted by Crippen LogP contribution is 2.21. The number of halogens is 1. The topological polar surface area (TPSA) is 39.9 Å². The zero-order valence-electron chi connectivity index (χ0n) is 8.93. The summed E-state index contributed by atoms with van der Waals surface area (Å²) < 4.78 is 7.40. The summed E-state index contributed by atoms with van der Waals surface area (Å²) >= 11 is 5.72. The van der Waals surface area contributed by atoms with Gasteiger partial charge in [-0.2, -0.15) is 5.10 Å². The Bertz CT molecular complexity index is 470. The van der Waals surface area contributed by atoms with Gasteiger partial charge in [0, 0.05) is 18.6 Å². The molecule has 2 aromatic rings. The molecule has 84 valence electrons. The van der Waals surface area contributed by atoms with Gasteiger partial charge in [0.1, 0.15) is 5.75 Å². The van der Waals surface area contributed by atoms with Crippen molar-refractivity contribution < 1.29 is 4.74 Å². The van der Waals surface area contributed by atoms with Crippen LogP contribution in [0.5, 0.6) is 11.5 Å². The van der Waals surface area contributed by atoms with E-state index in [1.807, 2.05) is 19.2 Å². The summed E-state index contributed by atoms with van der Waals surface area (Å²) in [5, 5.41) is 4.12. The number of rotatable bonds is 4. The number of aryl methyl sites for hydroxylation is 1. The summed E-state index contributed by atoms with van der Waals surface area (Å²) in [6.45, 7) is 2.84. The second-order valence-electron chi connectivity index (χ2n) is 3.30. The van der Waals surface area contributed by atoms with E-state index in [1.54, 1.807) is 23.3 Å². The molecule has 0 spiro atoms. The van der Waals surface area contributed by atoms with Gasteiger partial charge >= 0.3 is 0 Å². The van der Waals surface area contributed by atoms with Crippen molar-refractivity contribution >= 4 is 11.6 Å². The maximum atomic E-state index is 5.72. The molecule has 2 aromatic heterocycles. The first-order valence-corrected chi connectivity index (χ1v) is 5.55. The van der Waals surface area contributed by atoms with E-state index >= 15 is 0 Å². The van der Waals surface area contributed by atoms with E-state index in [4.69, 9.17) is 16.3 Å². The molecule has 0 saturated heterocycles. The Labute approximate surface area is 98.8 Å². The summed E-state index contributed by atoms with van der Waals surface area (Å²) in [7, 11) is 0. The Kier molecular flexibility index (Phi) is 3.41. The monoisotopic (exact) mass is 237 g/mol. The maximum absolute atomic E-state index is 5.72. The highest BCUT2D eigenvalue weighted by atomic mass is 35.5. The van der Waals surface area contributed by atoms with E-state index in [0.717, 1.165) is 12.1 Å². The minimum atomic E-state index is 0.429. The number of alkyl halides is 1. The third-order valence-electron chi connectivity index (χ3n) is 2.09. The van der Waals surface area contributed by atoms with Crippen molar-refractivity contribution in [2.24, 2.45) is 0 Å². The Morgan fingerprint density at radius 1 is 1.31 bits per heavy atom. The van der Waals surface area contributed by atoms with Crippen LogP contribution in [-0.4, -0.2) is 14.8 Å². The zero-order valence-corrected chi connectivity index (χ0v) is 9.68. The second kappa shape index (κ2) is 4.99. The predicted octanol–water partition coefficient (Wildman–Crippen LogP) is 2.83. The lowest BCUT2D eigenvalue weighted by molar-refractivity contribution is 0.478. The lowest BCUT2D eigenvalue weighted by atomic mass is 10.3. The number of pyridine rings is 1. The minimum Gasteiger partial charge on any atom is -0.452 e. The minimum absolute atomic E-state index is 0.429. The molecule has 0 bridgehead atoms. The standard InChI is InChI=1S/C11H12ClN3O/c1-2-15-8-11(7-14-15)16-10-3-9(4-12)5-13-6-10/h3,5-8H,2,4H2,1H3. The first-order valence-electron chi connectivity index (χ1n) is 5.02. The molecule has 0 aromatic carbocycles. The van der Waals surface area contributed by atoms with Gasteiger partial charge in [-0.15, -0.1) is 11.6 Å². The predicted molar refractivity (Wildman–Crippen MR) is 61.8 cm³/mol. The van der Waals surface area contributed by atoms with Gasteiger partial charge in [0.15, 0.2) is 5.75 Å². The highest BCUT2D eigenvalue weighted by molar-refractivity contribution is 6.17. The number of ether oxygens (including phenoxy) is 1. The fourth-order valence-electron chi connectivity index (χ4n) is 1.30. The molecule has 0 fully saturated rings. The molecule has 0 aliphatic rings. The van der Waals surface area contributed by atoms with Gasteiger partial charge in [0.2, 0.25) is 0 Å². The third kappa shape index (κ3) is 2.52. The molecule has 0 unspecified atom stereocenters. The highest BCUT2D eigenvalue weighted by Gasteiger charge is 2.01. The van der Waals surface area contributed by atoms with Crippen LogP contribution >= 0.6 is 11.6 Å².